The summed E-state index contributed by atoms with van der Waals surface area (Å²) in [5, 5.41) is 15.3. The highest BCUT2D eigenvalue weighted by molar-refractivity contribution is 5.93. The molecule has 0 saturated carbocycles. The first-order valence-electron chi connectivity index (χ1n) is 10.5. The van der Waals surface area contributed by atoms with Crippen molar-refractivity contribution < 1.29 is 4.74 Å². The van der Waals surface area contributed by atoms with E-state index in [9.17, 15) is 5.26 Å². The molecule has 0 aliphatic carbocycles. The van der Waals surface area contributed by atoms with Gasteiger partial charge in [0.05, 0.1) is 31.2 Å². The Kier molecular flexibility index (Phi) is 4.85. The molecule has 0 spiro atoms. The van der Waals surface area contributed by atoms with E-state index in [-0.39, 0.29) is 5.54 Å². The number of hydrogen-bond acceptors (Lipinski definition) is 7. The SMILES string of the molecule is CCN1CC(CC#N)(n2ccc(-c3nc(N4CCOCC4)cc4ncccc34)n2)C1. The molecule has 0 N–H and O–H groups in total. The van der Waals surface area contributed by atoms with Gasteiger partial charge < -0.3 is 9.64 Å². The molecule has 5 heterocycles. The molecule has 0 amide bonds. The molecular weight excluding hydrogens is 378 g/mol. The summed E-state index contributed by atoms with van der Waals surface area (Å²) in [7, 11) is 0. The van der Waals surface area contributed by atoms with Crippen LogP contribution in [0.15, 0.2) is 36.7 Å². The molecule has 3 aromatic heterocycles. The third-order valence-electron chi connectivity index (χ3n) is 6.13. The lowest BCUT2D eigenvalue weighted by atomic mass is 9.87. The Bertz CT molecular complexity index is 1090. The third kappa shape index (κ3) is 3.20. The maximum Gasteiger partial charge on any atom is 0.131 e. The van der Waals surface area contributed by atoms with Crippen molar-refractivity contribution in [3.63, 3.8) is 0 Å². The Hall–Kier alpha value is -3.02. The number of aromatic nitrogens is 4. The highest BCUT2D eigenvalue weighted by Gasteiger charge is 2.44. The van der Waals surface area contributed by atoms with Crippen molar-refractivity contribution in [2.45, 2.75) is 18.9 Å². The molecule has 2 aliphatic rings. The number of likely N-dealkylation sites (tertiary alicyclic amines) is 1. The monoisotopic (exact) mass is 403 g/mol. The molecule has 0 bridgehead atoms. The van der Waals surface area contributed by atoms with Crippen molar-refractivity contribution in [1.29, 1.82) is 5.26 Å². The zero-order valence-corrected chi connectivity index (χ0v) is 17.2. The molecule has 2 aliphatic heterocycles. The van der Waals surface area contributed by atoms with E-state index in [4.69, 9.17) is 14.8 Å². The summed E-state index contributed by atoms with van der Waals surface area (Å²) >= 11 is 0. The first-order chi connectivity index (χ1) is 14.7. The van der Waals surface area contributed by atoms with Gasteiger partial charge in [-0.1, -0.05) is 6.92 Å². The summed E-state index contributed by atoms with van der Waals surface area (Å²) in [6.45, 7) is 7.87. The van der Waals surface area contributed by atoms with Crippen molar-refractivity contribution in [1.82, 2.24) is 24.6 Å². The van der Waals surface area contributed by atoms with Crippen LogP contribution in [0.1, 0.15) is 13.3 Å². The molecule has 0 unspecified atom stereocenters. The van der Waals surface area contributed by atoms with Crippen LogP contribution in [-0.4, -0.2) is 70.6 Å². The predicted octanol–water partition coefficient (Wildman–Crippen LogP) is 2.27. The van der Waals surface area contributed by atoms with Gasteiger partial charge >= 0.3 is 0 Å². The van der Waals surface area contributed by atoms with E-state index in [1.807, 2.05) is 41.3 Å². The quantitative estimate of drug-likeness (QED) is 0.646. The number of fused-ring (bicyclic) bond motifs is 1. The summed E-state index contributed by atoms with van der Waals surface area (Å²) in [5.41, 5.74) is 2.31. The molecule has 3 aromatic rings. The van der Waals surface area contributed by atoms with Crippen LogP contribution < -0.4 is 4.90 Å². The van der Waals surface area contributed by atoms with Crippen molar-refractivity contribution in [3.05, 3.63) is 36.7 Å². The molecule has 154 valence electrons. The Labute approximate surface area is 175 Å². The second-order valence-corrected chi connectivity index (χ2v) is 8.01. The largest absolute Gasteiger partial charge is 0.378 e. The lowest BCUT2D eigenvalue weighted by Gasteiger charge is -2.48. The Morgan fingerprint density at radius 3 is 2.83 bits per heavy atom. The van der Waals surface area contributed by atoms with Crippen LogP contribution in [0.3, 0.4) is 0 Å². The standard InChI is InChI=1S/C22H25N7O/c1-2-27-15-22(16-27,6-7-23)29-9-5-18(26-29)21-17-4-3-8-24-19(17)14-20(25-21)28-10-12-30-13-11-28/h3-5,8-9,14H,2,6,10-13,15-16H2,1H3. The molecule has 2 fully saturated rings. The minimum atomic E-state index is -0.251. The highest BCUT2D eigenvalue weighted by atomic mass is 16.5. The Morgan fingerprint density at radius 1 is 1.23 bits per heavy atom. The van der Waals surface area contributed by atoms with Gasteiger partial charge in [-0.3, -0.25) is 14.6 Å². The van der Waals surface area contributed by atoms with Gasteiger partial charge in [0.25, 0.3) is 0 Å². The van der Waals surface area contributed by atoms with Crippen LogP contribution in [0.25, 0.3) is 22.3 Å². The summed E-state index contributed by atoms with van der Waals surface area (Å²) in [4.78, 5) is 14.1. The van der Waals surface area contributed by atoms with E-state index in [1.54, 1.807) is 0 Å². The number of pyridine rings is 2. The molecule has 0 atom stereocenters. The normalized spacial score (nSPS) is 18.9. The van der Waals surface area contributed by atoms with E-state index in [0.717, 1.165) is 60.8 Å². The molecule has 5 rings (SSSR count). The average molecular weight is 403 g/mol. The minimum absolute atomic E-state index is 0.251. The maximum absolute atomic E-state index is 9.39. The Balaban J connectivity index is 1.56. The van der Waals surface area contributed by atoms with Crippen LogP contribution in [0.5, 0.6) is 0 Å². The number of likely N-dealkylation sites (N-methyl/N-ethyl adjacent to an activating group) is 1. The van der Waals surface area contributed by atoms with Crippen LogP contribution in [0, 0.1) is 11.3 Å². The lowest BCUT2D eigenvalue weighted by Crippen LogP contribution is -2.62. The van der Waals surface area contributed by atoms with Crippen molar-refractivity contribution in [2.24, 2.45) is 0 Å². The number of hydrogen-bond donors (Lipinski definition) is 0. The average Bonchev–Trinajstić information content (AvgIpc) is 3.26. The number of nitriles is 1. The molecule has 2 saturated heterocycles. The molecule has 8 heteroatoms. The van der Waals surface area contributed by atoms with Gasteiger partial charge in [-0.15, -0.1) is 0 Å². The van der Waals surface area contributed by atoms with Gasteiger partial charge in [0.15, 0.2) is 0 Å². The van der Waals surface area contributed by atoms with Gasteiger partial charge in [-0.2, -0.15) is 10.4 Å². The lowest BCUT2D eigenvalue weighted by molar-refractivity contribution is 0.00964. The summed E-state index contributed by atoms with van der Waals surface area (Å²) in [6.07, 6.45) is 4.25. The fourth-order valence-corrected chi connectivity index (χ4v) is 4.42. The van der Waals surface area contributed by atoms with E-state index in [0.29, 0.717) is 19.6 Å². The summed E-state index contributed by atoms with van der Waals surface area (Å²) < 4.78 is 7.47. The first kappa shape index (κ1) is 19.0. The predicted molar refractivity (Wildman–Crippen MR) is 114 cm³/mol. The van der Waals surface area contributed by atoms with Gasteiger partial charge in [0, 0.05) is 50.0 Å². The summed E-state index contributed by atoms with van der Waals surface area (Å²) in [6, 6.07) is 10.4. The van der Waals surface area contributed by atoms with E-state index >= 15 is 0 Å². The Morgan fingerprint density at radius 2 is 2.07 bits per heavy atom. The smallest absolute Gasteiger partial charge is 0.131 e. The van der Waals surface area contributed by atoms with E-state index < -0.39 is 0 Å². The minimum Gasteiger partial charge on any atom is -0.378 e. The van der Waals surface area contributed by atoms with Gasteiger partial charge in [-0.25, -0.2) is 4.98 Å². The summed E-state index contributed by atoms with van der Waals surface area (Å²) in [5.74, 6) is 0.904. The van der Waals surface area contributed by atoms with Crippen molar-refractivity contribution in [3.8, 4) is 17.5 Å². The molecule has 0 aromatic carbocycles. The number of morpholine rings is 1. The zero-order valence-electron chi connectivity index (χ0n) is 17.2. The second-order valence-electron chi connectivity index (χ2n) is 8.01. The third-order valence-corrected chi connectivity index (χ3v) is 6.13. The molecule has 8 nitrogen and oxygen atoms in total. The number of rotatable bonds is 5. The van der Waals surface area contributed by atoms with Crippen LogP contribution in [0.2, 0.25) is 0 Å². The van der Waals surface area contributed by atoms with Crippen LogP contribution in [0.4, 0.5) is 5.82 Å². The van der Waals surface area contributed by atoms with Gasteiger partial charge in [0.2, 0.25) is 0 Å². The second kappa shape index (κ2) is 7.67. The van der Waals surface area contributed by atoms with Gasteiger partial charge in [0.1, 0.15) is 22.7 Å². The van der Waals surface area contributed by atoms with E-state index in [1.165, 1.54) is 0 Å². The maximum atomic E-state index is 9.39. The molecular formula is C22H25N7O. The van der Waals surface area contributed by atoms with Crippen LogP contribution in [-0.2, 0) is 10.3 Å². The van der Waals surface area contributed by atoms with Crippen molar-refractivity contribution >= 4 is 16.7 Å². The first-order valence-corrected chi connectivity index (χ1v) is 10.5. The number of ether oxygens (including phenoxy) is 1. The van der Waals surface area contributed by atoms with Gasteiger partial charge in [-0.05, 0) is 24.7 Å². The molecule has 0 radical (unpaired) electrons. The van der Waals surface area contributed by atoms with Crippen LogP contribution >= 0.6 is 0 Å². The fraction of sp³-hybridized carbons (Fsp3) is 0.455. The zero-order chi connectivity index (χ0) is 20.6. The van der Waals surface area contributed by atoms with E-state index in [2.05, 4.69) is 27.8 Å². The molecule has 30 heavy (non-hydrogen) atoms. The van der Waals surface area contributed by atoms with Crippen molar-refractivity contribution in [2.75, 3.05) is 50.8 Å². The fourth-order valence-electron chi connectivity index (χ4n) is 4.42. The topological polar surface area (TPSA) is 83.1 Å². The number of nitrogens with zero attached hydrogens (tertiary/aromatic N) is 7. The number of anilines is 1. The highest BCUT2D eigenvalue weighted by Crippen LogP contribution is 2.34.